The van der Waals surface area contributed by atoms with Crippen molar-refractivity contribution in [3.05, 3.63) is 41.3 Å². The number of piperidine rings is 1. The Hall–Kier alpha value is -1.62. The van der Waals surface area contributed by atoms with Crippen molar-refractivity contribution in [1.29, 1.82) is 0 Å². The predicted molar refractivity (Wildman–Crippen MR) is 124 cm³/mol. The van der Waals surface area contributed by atoms with E-state index >= 15 is 0 Å². The summed E-state index contributed by atoms with van der Waals surface area (Å²) in [4.78, 5) is 2.46. The summed E-state index contributed by atoms with van der Waals surface area (Å²) in [6.45, 7) is 7.75. The van der Waals surface area contributed by atoms with Gasteiger partial charge in [0.05, 0.1) is 24.1 Å². The van der Waals surface area contributed by atoms with Gasteiger partial charge in [0.15, 0.2) is 0 Å². The number of hydrogen-bond acceptors (Lipinski definition) is 5. The number of benzene rings is 1. The fraction of sp³-hybridized carbons (Fsp3) is 0.625. The van der Waals surface area contributed by atoms with Gasteiger partial charge in [-0.3, -0.25) is 4.57 Å². The summed E-state index contributed by atoms with van der Waals surface area (Å²) in [6, 6.07) is 9.84. The molecule has 3 aliphatic heterocycles. The standard InChI is InChI=1S/C24H34N3O3P/c1-24(2)16-21-23(22(17-24)26-13-7-4-8-14-26)31(28,30-18-20-12-9-15-29-20)27(25-21)19-10-5-3-6-11-19/h3,5-6,10-11,20H,4,7-9,12-18H2,1-2H3. The predicted octanol–water partition coefficient (Wildman–Crippen LogP) is 5.77. The minimum atomic E-state index is -3.38. The molecule has 0 bridgehead atoms. The minimum Gasteiger partial charge on any atom is -0.376 e. The highest BCUT2D eigenvalue weighted by Crippen LogP contribution is 2.67. The maximum absolute atomic E-state index is 14.8. The van der Waals surface area contributed by atoms with E-state index in [2.05, 4.69) is 18.7 Å². The molecular formula is C24H34N3O3P. The first-order valence-corrected chi connectivity index (χ1v) is 13.3. The summed E-state index contributed by atoms with van der Waals surface area (Å²) in [7, 11) is -3.38. The van der Waals surface area contributed by atoms with Gasteiger partial charge >= 0.3 is 7.52 Å². The van der Waals surface area contributed by atoms with E-state index in [9.17, 15) is 4.57 Å². The van der Waals surface area contributed by atoms with Crippen LogP contribution in [0, 0.1) is 5.41 Å². The van der Waals surface area contributed by atoms with Gasteiger partial charge in [-0.25, -0.2) is 0 Å². The number of ether oxygens (including phenoxy) is 1. The third-order valence-electron chi connectivity index (χ3n) is 6.77. The van der Waals surface area contributed by atoms with Crippen molar-refractivity contribution < 1.29 is 13.8 Å². The first-order valence-electron chi connectivity index (χ1n) is 11.7. The first kappa shape index (κ1) is 21.2. The monoisotopic (exact) mass is 443 g/mol. The van der Waals surface area contributed by atoms with Gasteiger partial charge in [-0.2, -0.15) is 9.88 Å². The lowest BCUT2D eigenvalue weighted by Gasteiger charge is -2.40. The van der Waals surface area contributed by atoms with Crippen molar-refractivity contribution in [3.8, 4) is 0 Å². The van der Waals surface area contributed by atoms with Gasteiger partial charge in [0.2, 0.25) is 0 Å². The molecule has 0 aromatic heterocycles. The molecule has 7 heteroatoms. The van der Waals surface area contributed by atoms with Crippen LogP contribution in [0.15, 0.2) is 46.4 Å². The number of para-hydroxylation sites is 1. The van der Waals surface area contributed by atoms with Gasteiger partial charge in [-0.1, -0.05) is 32.0 Å². The summed E-state index contributed by atoms with van der Waals surface area (Å²) in [5.74, 6) is 0. The van der Waals surface area contributed by atoms with Crippen LogP contribution in [0.5, 0.6) is 0 Å². The Labute approximate surface area is 185 Å². The lowest BCUT2D eigenvalue weighted by molar-refractivity contribution is 0.0692. The van der Waals surface area contributed by atoms with Crippen LogP contribution in [0.3, 0.4) is 0 Å². The highest BCUT2D eigenvalue weighted by molar-refractivity contribution is 7.67. The highest BCUT2D eigenvalue weighted by Gasteiger charge is 2.52. The zero-order chi connectivity index (χ0) is 21.5. The second-order valence-corrected chi connectivity index (χ2v) is 12.1. The van der Waals surface area contributed by atoms with Crippen LogP contribution in [0.25, 0.3) is 0 Å². The van der Waals surface area contributed by atoms with Crippen molar-refractivity contribution >= 4 is 18.9 Å². The second kappa shape index (κ2) is 8.38. The average molecular weight is 444 g/mol. The van der Waals surface area contributed by atoms with Crippen LogP contribution in [0.4, 0.5) is 5.69 Å². The molecule has 31 heavy (non-hydrogen) atoms. The van der Waals surface area contributed by atoms with Gasteiger partial charge < -0.3 is 14.2 Å². The van der Waals surface area contributed by atoms with Gasteiger partial charge in [-0.05, 0) is 62.5 Å². The Morgan fingerprint density at radius 3 is 2.61 bits per heavy atom. The molecule has 6 nitrogen and oxygen atoms in total. The maximum atomic E-state index is 14.8. The number of rotatable bonds is 5. The van der Waals surface area contributed by atoms with E-state index in [1.807, 2.05) is 30.3 Å². The number of allylic oxidation sites excluding steroid dienone is 2. The fourth-order valence-corrected chi connectivity index (χ4v) is 7.71. The molecule has 2 saturated heterocycles. The Morgan fingerprint density at radius 1 is 1.13 bits per heavy atom. The van der Waals surface area contributed by atoms with Crippen LogP contribution in [0.2, 0.25) is 0 Å². The molecule has 1 aliphatic carbocycles. The second-order valence-electron chi connectivity index (χ2n) is 9.98. The number of hydrazone groups is 1. The SMILES string of the molecule is CC1(C)CC2=NN(c3ccccc3)P(=O)(OCC3CCCO3)C2=C(N2CCCCC2)C1. The Kier molecular flexibility index (Phi) is 5.74. The number of nitrogens with zero attached hydrogens (tertiary/aromatic N) is 3. The van der Waals surface area contributed by atoms with E-state index in [4.69, 9.17) is 14.4 Å². The lowest BCUT2D eigenvalue weighted by atomic mass is 9.78. The molecular weight excluding hydrogens is 409 g/mol. The first-order chi connectivity index (χ1) is 15.0. The van der Waals surface area contributed by atoms with E-state index < -0.39 is 7.52 Å². The number of hydrogen-bond donors (Lipinski definition) is 0. The Bertz CT molecular complexity index is 915. The molecule has 2 unspecified atom stereocenters. The van der Waals surface area contributed by atoms with E-state index in [-0.39, 0.29) is 11.5 Å². The molecule has 0 amide bonds. The highest BCUT2D eigenvalue weighted by atomic mass is 31.2. The van der Waals surface area contributed by atoms with Crippen LogP contribution < -0.4 is 4.78 Å². The lowest BCUT2D eigenvalue weighted by Crippen LogP contribution is -2.36. The molecule has 0 radical (unpaired) electrons. The normalized spacial score (nSPS) is 30.5. The molecule has 3 heterocycles. The fourth-order valence-electron chi connectivity index (χ4n) is 5.26. The van der Waals surface area contributed by atoms with Gasteiger partial charge in [0.1, 0.15) is 5.31 Å². The molecule has 5 rings (SSSR count). The van der Waals surface area contributed by atoms with E-state index in [1.54, 1.807) is 4.78 Å². The largest absolute Gasteiger partial charge is 0.376 e. The van der Waals surface area contributed by atoms with Crippen molar-refractivity contribution in [2.24, 2.45) is 10.5 Å². The van der Waals surface area contributed by atoms with Gasteiger partial charge in [0.25, 0.3) is 0 Å². The smallest absolute Gasteiger partial charge is 0.350 e. The van der Waals surface area contributed by atoms with Crippen molar-refractivity contribution in [3.63, 3.8) is 0 Å². The zero-order valence-corrected chi connectivity index (χ0v) is 19.7. The van der Waals surface area contributed by atoms with Crippen molar-refractivity contribution in [1.82, 2.24) is 4.90 Å². The summed E-state index contributed by atoms with van der Waals surface area (Å²) in [6.07, 6.45) is 7.40. The number of likely N-dealkylation sites (tertiary alicyclic amines) is 1. The van der Waals surface area contributed by atoms with Gasteiger partial charge in [0, 0.05) is 25.4 Å². The summed E-state index contributed by atoms with van der Waals surface area (Å²) < 4.78 is 28.6. The molecule has 2 fully saturated rings. The average Bonchev–Trinajstić information content (AvgIpc) is 3.39. The van der Waals surface area contributed by atoms with Crippen LogP contribution in [-0.4, -0.2) is 43.0 Å². The Morgan fingerprint density at radius 2 is 1.90 bits per heavy atom. The van der Waals surface area contributed by atoms with E-state index in [1.165, 1.54) is 25.0 Å². The minimum absolute atomic E-state index is 0.0200. The molecule has 1 aromatic rings. The van der Waals surface area contributed by atoms with Crippen LogP contribution in [-0.2, 0) is 13.8 Å². The topological polar surface area (TPSA) is 54.4 Å². The number of fused-ring (bicyclic) bond motifs is 1. The maximum Gasteiger partial charge on any atom is 0.350 e. The van der Waals surface area contributed by atoms with Gasteiger partial charge in [-0.15, -0.1) is 0 Å². The summed E-state index contributed by atoms with van der Waals surface area (Å²) in [5.41, 5.74) is 3.05. The summed E-state index contributed by atoms with van der Waals surface area (Å²) in [5, 5.41) is 5.83. The van der Waals surface area contributed by atoms with Crippen molar-refractivity contribution in [2.45, 2.75) is 64.9 Å². The molecule has 0 spiro atoms. The molecule has 1 aromatic carbocycles. The quantitative estimate of drug-likeness (QED) is 0.541. The molecule has 2 atom stereocenters. The molecule has 0 N–H and O–H groups in total. The molecule has 4 aliphatic rings. The van der Waals surface area contributed by atoms with Crippen LogP contribution in [0.1, 0.15) is 58.8 Å². The van der Waals surface area contributed by atoms with Crippen molar-refractivity contribution in [2.75, 3.05) is 31.1 Å². The Balaban J connectivity index is 1.59. The molecule has 168 valence electrons. The molecule has 0 saturated carbocycles. The summed E-state index contributed by atoms with van der Waals surface area (Å²) >= 11 is 0. The zero-order valence-electron chi connectivity index (χ0n) is 18.8. The number of anilines is 1. The van der Waals surface area contributed by atoms with Crippen LogP contribution >= 0.6 is 7.52 Å². The van der Waals surface area contributed by atoms with E-state index in [0.717, 1.165) is 62.1 Å². The van der Waals surface area contributed by atoms with E-state index in [0.29, 0.717) is 6.61 Å². The third-order valence-corrected chi connectivity index (χ3v) is 9.17. The third kappa shape index (κ3) is 4.10.